The fraction of sp³-hybridized carbons (Fsp3) is 1.00. The average Bonchev–Trinajstić information content (AvgIpc) is 2.63. The molecule has 146 valence electrons. The summed E-state index contributed by atoms with van der Waals surface area (Å²) in [5.74, 6) is 0. The van der Waals surface area contributed by atoms with Gasteiger partial charge in [0.25, 0.3) is 0 Å². The Hall–Kier alpha value is -0.0800. The van der Waals surface area contributed by atoms with Gasteiger partial charge < -0.3 is 9.84 Å². The van der Waals surface area contributed by atoms with Gasteiger partial charge in [-0.05, 0) is 42.9 Å². The van der Waals surface area contributed by atoms with Crippen LogP contribution < -0.4 is 0 Å². The monoisotopic (exact) mass is 342 g/mol. The van der Waals surface area contributed by atoms with Crippen LogP contribution >= 0.6 is 0 Å². The quantitative estimate of drug-likeness (QED) is 0.296. The van der Waals surface area contributed by atoms with Gasteiger partial charge in [0.1, 0.15) is 0 Å². The van der Waals surface area contributed by atoms with E-state index in [4.69, 9.17) is 4.74 Å². The summed E-state index contributed by atoms with van der Waals surface area (Å²) < 4.78 is 5.84. The lowest BCUT2D eigenvalue weighted by molar-refractivity contribution is 0.110. The molecule has 1 N–H and O–H groups in total. The van der Waals surface area contributed by atoms with E-state index in [0.717, 1.165) is 26.1 Å². The van der Waals surface area contributed by atoms with Crippen molar-refractivity contribution >= 4 is 0 Å². The van der Waals surface area contributed by atoms with Gasteiger partial charge in [0.05, 0.1) is 0 Å². The highest BCUT2D eigenvalue weighted by atomic mass is 16.5. The van der Waals surface area contributed by atoms with E-state index in [0.29, 0.717) is 17.4 Å². The third-order valence-corrected chi connectivity index (χ3v) is 6.88. The van der Waals surface area contributed by atoms with Gasteiger partial charge in [-0.1, -0.05) is 79.6 Å². The minimum absolute atomic E-state index is 0.326. The summed E-state index contributed by atoms with van der Waals surface area (Å²) in [6, 6.07) is 0. The summed E-state index contributed by atoms with van der Waals surface area (Å²) in [7, 11) is 0. The number of aliphatic hydroxyl groups excluding tert-OH is 1. The normalized spacial score (nSPS) is 12.8. The largest absolute Gasteiger partial charge is 0.396 e. The van der Waals surface area contributed by atoms with E-state index in [9.17, 15) is 5.11 Å². The van der Waals surface area contributed by atoms with Crippen molar-refractivity contribution in [3.8, 4) is 0 Å². The first-order valence-electron chi connectivity index (χ1n) is 10.8. The highest BCUT2D eigenvalue weighted by Crippen LogP contribution is 2.36. The van der Waals surface area contributed by atoms with Crippen LogP contribution in [-0.4, -0.2) is 24.9 Å². The molecule has 0 bridgehead atoms. The van der Waals surface area contributed by atoms with E-state index in [1.165, 1.54) is 64.2 Å². The Bertz CT molecular complexity index is 259. The lowest BCUT2D eigenvalue weighted by atomic mass is 9.75. The van der Waals surface area contributed by atoms with Gasteiger partial charge in [-0.3, -0.25) is 0 Å². The molecule has 0 aromatic heterocycles. The maximum atomic E-state index is 9.27. The summed E-state index contributed by atoms with van der Waals surface area (Å²) in [6.45, 7) is 13.7. The summed E-state index contributed by atoms with van der Waals surface area (Å²) in [6.07, 6.45) is 14.7. The van der Waals surface area contributed by atoms with E-state index >= 15 is 0 Å². The highest BCUT2D eigenvalue weighted by Gasteiger charge is 2.24. The number of unbranched alkanes of at least 4 members (excludes halogenated alkanes) is 2. The topological polar surface area (TPSA) is 29.5 Å². The van der Waals surface area contributed by atoms with E-state index in [2.05, 4.69) is 34.6 Å². The standard InChI is InChI=1S/C22H46O2/c1-6-21(7-2,8-3)15-11-13-19-24-20-14-12-16-22(9-4,10-5)17-18-23/h23H,6-20H2,1-5H3. The van der Waals surface area contributed by atoms with Crippen LogP contribution in [0.3, 0.4) is 0 Å². The summed E-state index contributed by atoms with van der Waals surface area (Å²) >= 11 is 0. The minimum Gasteiger partial charge on any atom is -0.396 e. The number of hydrogen-bond acceptors (Lipinski definition) is 2. The predicted molar refractivity (Wildman–Crippen MR) is 107 cm³/mol. The van der Waals surface area contributed by atoms with Gasteiger partial charge in [-0.25, -0.2) is 0 Å². The molecule has 0 aromatic rings. The molecule has 0 radical (unpaired) electrons. The van der Waals surface area contributed by atoms with Crippen LogP contribution in [0.1, 0.15) is 112 Å². The Kier molecular flexibility index (Phi) is 14.1. The number of aliphatic hydroxyl groups is 1. The Balaban J connectivity index is 3.70. The fourth-order valence-electron chi connectivity index (χ4n) is 4.11. The first-order chi connectivity index (χ1) is 11.6. The first kappa shape index (κ1) is 23.9. The number of rotatable bonds is 17. The van der Waals surface area contributed by atoms with Crippen molar-refractivity contribution < 1.29 is 9.84 Å². The molecule has 2 nitrogen and oxygen atoms in total. The van der Waals surface area contributed by atoms with Gasteiger partial charge in [0.15, 0.2) is 0 Å². The summed E-state index contributed by atoms with van der Waals surface area (Å²) in [5.41, 5.74) is 0.939. The Morgan fingerprint density at radius 2 is 1.00 bits per heavy atom. The Morgan fingerprint density at radius 3 is 1.38 bits per heavy atom. The van der Waals surface area contributed by atoms with Crippen LogP contribution in [0.25, 0.3) is 0 Å². The molecule has 0 aliphatic carbocycles. The van der Waals surface area contributed by atoms with E-state index in [1.807, 2.05) is 0 Å². The van der Waals surface area contributed by atoms with Gasteiger partial charge >= 0.3 is 0 Å². The molecule has 2 heteroatoms. The third kappa shape index (κ3) is 8.85. The average molecular weight is 343 g/mol. The second-order valence-corrected chi connectivity index (χ2v) is 7.77. The molecule has 0 fully saturated rings. The third-order valence-electron chi connectivity index (χ3n) is 6.88. The van der Waals surface area contributed by atoms with E-state index in [1.54, 1.807) is 0 Å². The van der Waals surface area contributed by atoms with Crippen molar-refractivity contribution in [3.63, 3.8) is 0 Å². The van der Waals surface area contributed by atoms with Crippen LogP contribution in [-0.2, 0) is 4.74 Å². The molecule has 0 heterocycles. The SMILES string of the molecule is CCC(CC)(CC)CCCCOCCCCC(CC)(CC)CCO. The maximum Gasteiger partial charge on any atom is 0.0466 e. The van der Waals surface area contributed by atoms with Crippen molar-refractivity contribution in [1.82, 2.24) is 0 Å². The second-order valence-electron chi connectivity index (χ2n) is 7.77. The Morgan fingerprint density at radius 1 is 0.583 bits per heavy atom. The summed E-state index contributed by atoms with van der Waals surface area (Å²) in [4.78, 5) is 0. The minimum atomic E-state index is 0.326. The van der Waals surface area contributed by atoms with Crippen molar-refractivity contribution in [2.45, 2.75) is 112 Å². The predicted octanol–water partition coefficient (Wildman–Crippen LogP) is 6.75. The van der Waals surface area contributed by atoms with Crippen LogP contribution in [0.5, 0.6) is 0 Å². The number of ether oxygens (including phenoxy) is 1. The van der Waals surface area contributed by atoms with Crippen LogP contribution in [0.2, 0.25) is 0 Å². The Labute approximate surface area is 152 Å². The lowest BCUT2D eigenvalue weighted by Gasteiger charge is -2.31. The molecule has 24 heavy (non-hydrogen) atoms. The zero-order valence-corrected chi connectivity index (χ0v) is 17.5. The molecule has 0 spiro atoms. The van der Waals surface area contributed by atoms with Crippen LogP contribution in [0, 0.1) is 10.8 Å². The molecule has 0 amide bonds. The van der Waals surface area contributed by atoms with E-state index < -0.39 is 0 Å². The molecule has 0 aliphatic rings. The smallest absolute Gasteiger partial charge is 0.0466 e. The molecule has 0 aromatic carbocycles. The molecule has 0 saturated heterocycles. The lowest BCUT2D eigenvalue weighted by Crippen LogP contribution is -2.20. The highest BCUT2D eigenvalue weighted by molar-refractivity contribution is 4.76. The maximum absolute atomic E-state index is 9.27. The van der Waals surface area contributed by atoms with Gasteiger partial charge in [0, 0.05) is 19.8 Å². The molecule has 0 saturated carbocycles. The van der Waals surface area contributed by atoms with Crippen molar-refractivity contribution in [1.29, 1.82) is 0 Å². The molecular formula is C22H46O2. The zero-order valence-electron chi connectivity index (χ0n) is 17.5. The van der Waals surface area contributed by atoms with Crippen molar-refractivity contribution in [2.24, 2.45) is 10.8 Å². The molecular weight excluding hydrogens is 296 g/mol. The van der Waals surface area contributed by atoms with Crippen LogP contribution in [0.15, 0.2) is 0 Å². The van der Waals surface area contributed by atoms with Crippen LogP contribution in [0.4, 0.5) is 0 Å². The van der Waals surface area contributed by atoms with Gasteiger partial charge in [0.2, 0.25) is 0 Å². The molecule has 0 aliphatic heterocycles. The summed E-state index contributed by atoms with van der Waals surface area (Å²) in [5, 5.41) is 9.27. The number of hydrogen-bond donors (Lipinski definition) is 1. The van der Waals surface area contributed by atoms with Gasteiger partial charge in [-0.2, -0.15) is 0 Å². The molecule has 0 rings (SSSR count). The molecule has 0 atom stereocenters. The fourth-order valence-corrected chi connectivity index (χ4v) is 4.11. The molecule has 0 unspecified atom stereocenters. The van der Waals surface area contributed by atoms with Crippen molar-refractivity contribution in [2.75, 3.05) is 19.8 Å². The first-order valence-corrected chi connectivity index (χ1v) is 10.8. The van der Waals surface area contributed by atoms with Gasteiger partial charge in [-0.15, -0.1) is 0 Å². The van der Waals surface area contributed by atoms with E-state index in [-0.39, 0.29) is 0 Å². The van der Waals surface area contributed by atoms with Crippen molar-refractivity contribution in [3.05, 3.63) is 0 Å². The zero-order chi connectivity index (χ0) is 18.3. The second kappa shape index (κ2) is 14.1.